The first-order chi connectivity index (χ1) is 12.5. The minimum Gasteiger partial charge on any atom is -0.354 e. The lowest BCUT2D eigenvalue weighted by Crippen LogP contribution is -2.46. The summed E-state index contributed by atoms with van der Waals surface area (Å²) in [4.78, 5) is 30.7. The number of carbonyl (C=O) groups is 2. The second-order valence-electron chi connectivity index (χ2n) is 6.78. The van der Waals surface area contributed by atoms with Crippen LogP contribution in [-0.2, 0) is 23.2 Å². The number of carbonyl (C=O) groups excluding carboxylic acids is 2. The van der Waals surface area contributed by atoms with Crippen LogP contribution in [-0.4, -0.2) is 49.1 Å². The normalized spacial score (nSPS) is 20.4. The fraction of sp³-hybridized carbons (Fsp3) is 0.556. The molecule has 2 aromatic rings. The van der Waals surface area contributed by atoms with Gasteiger partial charge in [-0.1, -0.05) is 0 Å². The summed E-state index contributed by atoms with van der Waals surface area (Å²) in [5, 5.41) is 7.29. The van der Waals surface area contributed by atoms with Gasteiger partial charge in [0.25, 0.3) is 0 Å². The molecular formula is C18H26N6O2. The van der Waals surface area contributed by atoms with Crippen molar-refractivity contribution in [3.8, 4) is 0 Å². The van der Waals surface area contributed by atoms with E-state index in [1.54, 1.807) is 17.1 Å². The highest BCUT2D eigenvalue weighted by Crippen LogP contribution is 2.36. The third kappa shape index (κ3) is 3.79. The van der Waals surface area contributed by atoms with E-state index < -0.39 is 0 Å². The average Bonchev–Trinajstić information content (AvgIpc) is 3.22. The topological polar surface area (TPSA) is 85.1 Å². The van der Waals surface area contributed by atoms with Crippen LogP contribution in [0.15, 0.2) is 24.8 Å². The zero-order chi connectivity index (χ0) is 18.7. The lowest BCUT2D eigenvalue weighted by Gasteiger charge is -2.40. The number of aromatic nitrogens is 4. The summed E-state index contributed by atoms with van der Waals surface area (Å²) in [6.07, 6.45) is 8.54. The molecule has 0 saturated carbocycles. The Morgan fingerprint density at radius 2 is 2.23 bits per heavy atom. The molecule has 0 aromatic carbocycles. The first-order valence-electron chi connectivity index (χ1n) is 9.02. The summed E-state index contributed by atoms with van der Waals surface area (Å²) >= 11 is 0. The molecule has 3 heterocycles. The second-order valence-corrected chi connectivity index (χ2v) is 6.78. The van der Waals surface area contributed by atoms with Crippen LogP contribution in [0.4, 0.5) is 0 Å². The van der Waals surface area contributed by atoms with E-state index in [9.17, 15) is 9.59 Å². The Morgan fingerprint density at radius 3 is 2.85 bits per heavy atom. The largest absolute Gasteiger partial charge is 0.354 e. The predicted octanol–water partition coefficient (Wildman–Crippen LogP) is 1.04. The third-order valence-electron chi connectivity index (χ3n) is 5.04. The molecule has 2 aromatic heterocycles. The number of piperidine rings is 1. The molecule has 8 heteroatoms. The number of nitrogens with one attached hydrogen (secondary N) is 1. The number of nitrogens with zero attached hydrogens (tertiary/aromatic N) is 5. The highest BCUT2D eigenvalue weighted by Gasteiger charge is 2.36. The quantitative estimate of drug-likeness (QED) is 0.836. The molecule has 1 fully saturated rings. The number of imidazole rings is 1. The van der Waals surface area contributed by atoms with Gasteiger partial charge < -0.3 is 14.8 Å². The fourth-order valence-electron chi connectivity index (χ4n) is 3.68. The van der Waals surface area contributed by atoms with Crippen molar-refractivity contribution in [2.75, 3.05) is 13.1 Å². The van der Waals surface area contributed by atoms with Crippen LogP contribution in [0.25, 0.3) is 0 Å². The maximum Gasteiger partial charge on any atom is 0.239 e. The van der Waals surface area contributed by atoms with Gasteiger partial charge in [-0.2, -0.15) is 5.10 Å². The van der Waals surface area contributed by atoms with Crippen LogP contribution < -0.4 is 5.32 Å². The molecule has 0 radical (unpaired) electrons. The maximum atomic E-state index is 12.3. The fourth-order valence-corrected chi connectivity index (χ4v) is 3.68. The van der Waals surface area contributed by atoms with Crippen molar-refractivity contribution in [3.63, 3.8) is 0 Å². The lowest BCUT2D eigenvalue weighted by molar-refractivity contribution is -0.138. The van der Waals surface area contributed by atoms with E-state index in [0.29, 0.717) is 19.5 Å². The van der Waals surface area contributed by atoms with Crippen LogP contribution in [0.3, 0.4) is 0 Å². The van der Waals surface area contributed by atoms with Gasteiger partial charge in [-0.25, -0.2) is 4.98 Å². The Balaban J connectivity index is 1.69. The van der Waals surface area contributed by atoms with E-state index in [-0.39, 0.29) is 30.3 Å². The van der Waals surface area contributed by atoms with Crippen molar-refractivity contribution in [3.05, 3.63) is 36.2 Å². The number of hydrogen-bond acceptors (Lipinski definition) is 4. The first-order valence-corrected chi connectivity index (χ1v) is 9.02. The standard InChI is InChI=1S/C18H26N6O2/c1-4-24-17(26)6-5-14(18(24)15-10-21-22(3)11-15)9-20-16(25)12-23-8-7-19-13(23)2/h7-8,10-11,14,18H,4-6,9,12H2,1-3H3,(H,20,25)/t14-,18+/m1/s1. The first kappa shape index (κ1) is 18.2. The van der Waals surface area contributed by atoms with E-state index in [0.717, 1.165) is 17.8 Å². The molecule has 8 nitrogen and oxygen atoms in total. The average molecular weight is 358 g/mol. The van der Waals surface area contributed by atoms with Gasteiger partial charge in [0.2, 0.25) is 11.8 Å². The van der Waals surface area contributed by atoms with Gasteiger partial charge >= 0.3 is 0 Å². The van der Waals surface area contributed by atoms with Crippen LogP contribution in [0, 0.1) is 12.8 Å². The molecule has 1 aliphatic heterocycles. The molecule has 0 unspecified atom stereocenters. The molecule has 0 spiro atoms. The van der Waals surface area contributed by atoms with Crippen LogP contribution in [0.1, 0.15) is 37.2 Å². The Kier molecular flexibility index (Phi) is 5.39. The molecule has 0 bridgehead atoms. The van der Waals surface area contributed by atoms with Gasteiger partial charge in [0.05, 0.1) is 12.2 Å². The molecule has 1 N–H and O–H groups in total. The van der Waals surface area contributed by atoms with Gasteiger partial charge in [0.15, 0.2) is 0 Å². The van der Waals surface area contributed by atoms with Crippen molar-refractivity contribution in [2.45, 2.75) is 39.3 Å². The summed E-state index contributed by atoms with van der Waals surface area (Å²) in [5.41, 5.74) is 1.02. The van der Waals surface area contributed by atoms with Crippen molar-refractivity contribution < 1.29 is 9.59 Å². The Bertz CT molecular complexity index is 780. The molecule has 2 atom stereocenters. The van der Waals surface area contributed by atoms with Crippen molar-refractivity contribution >= 4 is 11.8 Å². The van der Waals surface area contributed by atoms with Crippen LogP contribution in [0.5, 0.6) is 0 Å². The van der Waals surface area contributed by atoms with E-state index in [1.807, 2.05) is 42.8 Å². The molecule has 26 heavy (non-hydrogen) atoms. The second kappa shape index (κ2) is 7.72. The number of likely N-dealkylation sites (tertiary alicyclic amines) is 1. The van der Waals surface area contributed by atoms with Gasteiger partial charge in [-0.15, -0.1) is 0 Å². The van der Waals surface area contributed by atoms with Gasteiger partial charge in [-0.3, -0.25) is 14.3 Å². The lowest BCUT2D eigenvalue weighted by atomic mass is 9.85. The van der Waals surface area contributed by atoms with Crippen molar-refractivity contribution in [2.24, 2.45) is 13.0 Å². The molecular weight excluding hydrogens is 332 g/mol. The molecule has 1 aliphatic rings. The SMILES string of the molecule is CCN1C(=O)CC[C@H](CNC(=O)Cn2ccnc2C)[C@H]1c1cnn(C)c1. The predicted molar refractivity (Wildman–Crippen MR) is 96.0 cm³/mol. The summed E-state index contributed by atoms with van der Waals surface area (Å²) in [6.45, 7) is 5.31. The minimum absolute atomic E-state index is 0.0454. The Morgan fingerprint density at radius 1 is 1.42 bits per heavy atom. The molecule has 1 saturated heterocycles. The van der Waals surface area contributed by atoms with Gasteiger partial charge in [-0.05, 0) is 20.3 Å². The summed E-state index contributed by atoms with van der Waals surface area (Å²) in [6, 6.07) is -0.0507. The van der Waals surface area contributed by atoms with E-state index in [1.165, 1.54) is 0 Å². The van der Waals surface area contributed by atoms with Gasteiger partial charge in [0, 0.05) is 56.6 Å². The highest BCUT2D eigenvalue weighted by atomic mass is 16.2. The van der Waals surface area contributed by atoms with E-state index >= 15 is 0 Å². The monoisotopic (exact) mass is 358 g/mol. The zero-order valence-corrected chi connectivity index (χ0v) is 15.6. The summed E-state index contributed by atoms with van der Waals surface area (Å²) in [7, 11) is 1.87. The van der Waals surface area contributed by atoms with E-state index in [2.05, 4.69) is 15.4 Å². The van der Waals surface area contributed by atoms with E-state index in [4.69, 9.17) is 0 Å². The minimum atomic E-state index is -0.0507. The van der Waals surface area contributed by atoms with Gasteiger partial charge in [0.1, 0.15) is 12.4 Å². The van der Waals surface area contributed by atoms with Crippen molar-refractivity contribution in [1.29, 1.82) is 0 Å². The summed E-state index contributed by atoms with van der Waals surface area (Å²) in [5.74, 6) is 1.10. The Hall–Kier alpha value is -2.64. The smallest absolute Gasteiger partial charge is 0.239 e. The maximum absolute atomic E-state index is 12.3. The van der Waals surface area contributed by atoms with Crippen molar-refractivity contribution in [1.82, 2.24) is 29.5 Å². The summed E-state index contributed by atoms with van der Waals surface area (Å²) < 4.78 is 3.57. The molecule has 3 rings (SSSR count). The molecule has 140 valence electrons. The number of rotatable bonds is 6. The number of amides is 2. The Labute approximate surface area is 153 Å². The number of hydrogen-bond donors (Lipinski definition) is 1. The van der Waals surface area contributed by atoms with Crippen LogP contribution >= 0.6 is 0 Å². The third-order valence-corrected chi connectivity index (χ3v) is 5.04. The highest BCUT2D eigenvalue weighted by molar-refractivity contribution is 5.78. The van der Waals surface area contributed by atoms with Crippen LogP contribution in [0.2, 0.25) is 0 Å². The zero-order valence-electron chi connectivity index (χ0n) is 15.6. The molecule has 0 aliphatic carbocycles. The molecule has 2 amide bonds. The number of aryl methyl sites for hydroxylation is 2.